The Kier molecular flexibility index (Phi) is 8.23. The van der Waals surface area contributed by atoms with Crippen LogP contribution in [0.5, 0.6) is 0 Å². The van der Waals surface area contributed by atoms with E-state index in [-0.39, 0.29) is 24.0 Å². The van der Waals surface area contributed by atoms with Crippen LogP contribution in [-0.2, 0) is 20.9 Å². The average Bonchev–Trinajstić information content (AvgIpc) is 2.71. The van der Waals surface area contributed by atoms with Crippen LogP contribution in [0.2, 0.25) is 0 Å². The molecule has 160 valence electrons. The lowest BCUT2D eigenvalue weighted by atomic mass is 9.95. The highest BCUT2D eigenvalue weighted by Crippen LogP contribution is 2.21. The first-order valence-corrected chi connectivity index (χ1v) is 10.1. The van der Waals surface area contributed by atoms with E-state index in [2.05, 4.69) is 4.98 Å². The van der Waals surface area contributed by atoms with E-state index in [1.54, 1.807) is 0 Å². The summed E-state index contributed by atoms with van der Waals surface area (Å²) in [6.07, 6.45) is 8.08. The summed E-state index contributed by atoms with van der Waals surface area (Å²) in [6, 6.07) is 0. The number of aromatic nitrogens is 2. The minimum absolute atomic E-state index is 0.0613. The molecule has 0 radical (unpaired) electrons. The Morgan fingerprint density at radius 2 is 2.03 bits per heavy atom. The highest BCUT2D eigenvalue weighted by molar-refractivity contribution is 5.97. The molecular weight excluding hydrogens is 376 g/mol. The second-order valence-corrected chi connectivity index (χ2v) is 7.13. The molecule has 2 rings (SSSR count). The first-order chi connectivity index (χ1) is 13.9. The van der Waals surface area contributed by atoms with Gasteiger partial charge in [0.2, 0.25) is 0 Å². The molecule has 0 spiro atoms. The standard InChI is InChI=1S/C20H30N4O5/c1-3-5-12-23(15(25)13-29-19(27)14-9-7-6-8-10-14)16-17(21)24(11-4-2)20(28)22-18(16)26/h6-7,14H,3-5,8-13,21H2,1-2H3,(H,22,26,28)/t14-/m0/s1. The second-order valence-electron chi connectivity index (χ2n) is 7.13. The molecule has 0 aliphatic heterocycles. The van der Waals surface area contributed by atoms with Crippen molar-refractivity contribution in [2.45, 2.75) is 58.9 Å². The number of amides is 1. The molecule has 0 bridgehead atoms. The van der Waals surface area contributed by atoms with Gasteiger partial charge in [0, 0.05) is 13.1 Å². The van der Waals surface area contributed by atoms with Gasteiger partial charge in [-0.05, 0) is 32.1 Å². The summed E-state index contributed by atoms with van der Waals surface area (Å²) in [5.41, 5.74) is 4.67. The van der Waals surface area contributed by atoms with Gasteiger partial charge in [-0.2, -0.15) is 0 Å². The summed E-state index contributed by atoms with van der Waals surface area (Å²) in [5, 5.41) is 0. The zero-order valence-electron chi connectivity index (χ0n) is 17.1. The predicted molar refractivity (Wildman–Crippen MR) is 111 cm³/mol. The van der Waals surface area contributed by atoms with Gasteiger partial charge in [0.05, 0.1) is 5.92 Å². The Morgan fingerprint density at radius 1 is 1.28 bits per heavy atom. The molecule has 1 aliphatic rings. The molecule has 0 fully saturated rings. The zero-order chi connectivity index (χ0) is 21.4. The molecule has 9 heteroatoms. The maximum Gasteiger partial charge on any atom is 0.330 e. The fraction of sp³-hybridized carbons (Fsp3) is 0.600. The summed E-state index contributed by atoms with van der Waals surface area (Å²) in [5.74, 6) is -1.28. The Labute approximate surface area is 169 Å². The number of hydrogen-bond acceptors (Lipinski definition) is 6. The Morgan fingerprint density at radius 3 is 2.66 bits per heavy atom. The first kappa shape index (κ1) is 22.4. The normalized spacial score (nSPS) is 15.9. The van der Waals surface area contributed by atoms with Crippen molar-refractivity contribution in [2.24, 2.45) is 5.92 Å². The number of ether oxygens (including phenoxy) is 1. The van der Waals surface area contributed by atoms with Crippen molar-refractivity contribution in [1.82, 2.24) is 9.55 Å². The summed E-state index contributed by atoms with van der Waals surface area (Å²) >= 11 is 0. The van der Waals surface area contributed by atoms with Crippen LogP contribution < -0.4 is 21.9 Å². The van der Waals surface area contributed by atoms with E-state index < -0.39 is 29.7 Å². The van der Waals surface area contributed by atoms with Gasteiger partial charge in [-0.3, -0.25) is 23.9 Å². The number of allylic oxidation sites excluding steroid dienone is 2. The molecule has 1 atom stereocenters. The Hall–Kier alpha value is -2.84. The molecule has 3 N–H and O–H groups in total. The van der Waals surface area contributed by atoms with Crippen LogP contribution in [-0.4, -0.2) is 34.6 Å². The van der Waals surface area contributed by atoms with Crippen molar-refractivity contribution < 1.29 is 14.3 Å². The van der Waals surface area contributed by atoms with E-state index in [1.807, 2.05) is 26.0 Å². The molecule has 0 unspecified atom stereocenters. The van der Waals surface area contributed by atoms with Crippen LogP contribution in [0, 0.1) is 5.92 Å². The number of rotatable bonds is 9. The highest BCUT2D eigenvalue weighted by atomic mass is 16.5. The molecule has 0 saturated carbocycles. The molecule has 1 aromatic rings. The number of hydrogen-bond donors (Lipinski definition) is 2. The molecule has 0 aromatic carbocycles. The lowest BCUT2D eigenvalue weighted by molar-refractivity contribution is -0.152. The van der Waals surface area contributed by atoms with Gasteiger partial charge in [-0.25, -0.2) is 4.79 Å². The number of H-pyrrole nitrogens is 1. The molecule has 1 heterocycles. The van der Waals surface area contributed by atoms with Gasteiger partial charge in [-0.1, -0.05) is 32.4 Å². The van der Waals surface area contributed by atoms with E-state index >= 15 is 0 Å². The number of nitrogens with two attached hydrogens (primary N) is 1. The van der Waals surface area contributed by atoms with E-state index in [0.29, 0.717) is 32.2 Å². The van der Waals surface area contributed by atoms with E-state index in [0.717, 1.165) is 12.8 Å². The summed E-state index contributed by atoms with van der Waals surface area (Å²) in [7, 11) is 0. The predicted octanol–water partition coefficient (Wildman–Crippen LogP) is 1.56. The first-order valence-electron chi connectivity index (χ1n) is 10.1. The third-order valence-corrected chi connectivity index (χ3v) is 4.91. The van der Waals surface area contributed by atoms with Gasteiger partial charge in [0.1, 0.15) is 5.82 Å². The Balaban J connectivity index is 2.24. The zero-order valence-corrected chi connectivity index (χ0v) is 17.1. The van der Waals surface area contributed by atoms with Crippen LogP contribution >= 0.6 is 0 Å². The van der Waals surface area contributed by atoms with Gasteiger partial charge in [0.15, 0.2) is 12.3 Å². The number of anilines is 2. The van der Waals surface area contributed by atoms with Crippen molar-refractivity contribution in [3.63, 3.8) is 0 Å². The smallest absolute Gasteiger partial charge is 0.330 e. The average molecular weight is 406 g/mol. The number of carbonyl (C=O) groups is 2. The number of aromatic amines is 1. The fourth-order valence-corrected chi connectivity index (χ4v) is 3.30. The largest absolute Gasteiger partial charge is 0.455 e. The van der Waals surface area contributed by atoms with Crippen LogP contribution in [0.15, 0.2) is 21.7 Å². The van der Waals surface area contributed by atoms with Crippen molar-refractivity contribution in [3.05, 3.63) is 33.0 Å². The van der Waals surface area contributed by atoms with E-state index in [9.17, 15) is 19.2 Å². The topological polar surface area (TPSA) is 127 Å². The number of esters is 1. The number of nitrogen functional groups attached to an aromatic ring is 1. The lowest BCUT2D eigenvalue weighted by Gasteiger charge is -2.25. The number of nitrogens with zero attached hydrogens (tertiary/aromatic N) is 2. The van der Waals surface area contributed by atoms with Crippen LogP contribution in [0.1, 0.15) is 52.4 Å². The molecule has 1 aliphatic carbocycles. The molecule has 29 heavy (non-hydrogen) atoms. The van der Waals surface area contributed by atoms with Crippen LogP contribution in [0.3, 0.4) is 0 Å². The van der Waals surface area contributed by atoms with Crippen molar-refractivity contribution in [2.75, 3.05) is 23.8 Å². The van der Waals surface area contributed by atoms with Gasteiger partial charge in [-0.15, -0.1) is 0 Å². The van der Waals surface area contributed by atoms with Gasteiger partial charge >= 0.3 is 11.7 Å². The third kappa shape index (κ3) is 5.58. The lowest BCUT2D eigenvalue weighted by Crippen LogP contribution is -2.43. The molecule has 9 nitrogen and oxygen atoms in total. The Bertz CT molecular complexity index is 871. The molecule has 0 saturated heterocycles. The van der Waals surface area contributed by atoms with Crippen LogP contribution in [0.4, 0.5) is 11.5 Å². The molecule has 1 amide bonds. The highest BCUT2D eigenvalue weighted by Gasteiger charge is 2.26. The van der Waals surface area contributed by atoms with E-state index in [1.165, 1.54) is 9.47 Å². The summed E-state index contributed by atoms with van der Waals surface area (Å²) < 4.78 is 6.46. The van der Waals surface area contributed by atoms with Gasteiger partial charge < -0.3 is 15.4 Å². The summed E-state index contributed by atoms with van der Waals surface area (Å²) in [6.45, 7) is 3.89. The SMILES string of the molecule is CCCCN(C(=O)COC(=O)[C@H]1CC=CCC1)c1c(N)n(CCC)c(=O)[nH]c1=O. The minimum Gasteiger partial charge on any atom is -0.455 e. The quantitative estimate of drug-likeness (QED) is 0.473. The van der Waals surface area contributed by atoms with Crippen molar-refractivity contribution in [1.29, 1.82) is 0 Å². The minimum atomic E-state index is -0.729. The van der Waals surface area contributed by atoms with Crippen LogP contribution in [0.25, 0.3) is 0 Å². The second kappa shape index (κ2) is 10.6. The molecular formula is C20H30N4O5. The number of unbranched alkanes of at least 4 members (excludes halogenated alkanes) is 1. The monoisotopic (exact) mass is 406 g/mol. The fourth-order valence-electron chi connectivity index (χ4n) is 3.30. The number of nitrogens with one attached hydrogen (secondary N) is 1. The van der Waals surface area contributed by atoms with Gasteiger partial charge in [0.25, 0.3) is 11.5 Å². The van der Waals surface area contributed by atoms with Crippen molar-refractivity contribution in [3.8, 4) is 0 Å². The maximum absolute atomic E-state index is 12.8. The summed E-state index contributed by atoms with van der Waals surface area (Å²) in [4.78, 5) is 53.0. The van der Waals surface area contributed by atoms with Crippen molar-refractivity contribution >= 4 is 23.4 Å². The number of carbonyl (C=O) groups excluding carboxylic acids is 2. The third-order valence-electron chi connectivity index (χ3n) is 4.91. The molecule has 1 aromatic heterocycles. The maximum atomic E-state index is 12.8. The van der Waals surface area contributed by atoms with E-state index in [4.69, 9.17) is 10.5 Å².